The lowest BCUT2D eigenvalue weighted by Crippen LogP contribution is -2.26. The number of hydrogen-bond donors (Lipinski definition) is 1. The van der Waals surface area contributed by atoms with Crippen molar-refractivity contribution in [2.24, 2.45) is 7.05 Å². The lowest BCUT2D eigenvalue weighted by Gasteiger charge is -2.07. The van der Waals surface area contributed by atoms with Gasteiger partial charge in [-0.3, -0.25) is 9.48 Å². The van der Waals surface area contributed by atoms with Crippen molar-refractivity contribution in [3.05, 3.63) is 70.0 Å². The van der Waals surface area contributed by atoms with Crippen molar-refractivity contribution in [3.63, 3.8) is 0 Å². The molecule has 0 aliphatic heterocycles. The van der Waals surface area contributed by atoms with Crippen molar-refractivity contribution in [3.8, 4) is 11.4 Å². The third-order valence-corrected chi connectivity index (χ3v) is 5.07. The predicted molar refractivity (Wildman–Crippen MR) is 108 cm³/mol. The van der Waals surface area contributed by atoms with Gasteiger partial charge in [-0.1, -0.05) is 65.7 Å². The lowest BCUT2D eigenvalue weighted by molar-refractivity contribution is -0.121. The number of aromatic nitrogens is 3. The first-order valence-corrected chi connectivity index (χ1v) is 9.45. The summed E-state index contributed by atoms with van der Waals surface area (Å²) in [6.07, 6.45) is 1.52. The molecule has 27 heavy (non-hydrogen) atoms. The van der Waals surface area contributed by atoms with Crippen LogP contribution in [0.15, 0.2) is 48.5 Å². The fourth-order valence-electron chi connectivity index (χ4n) is 2.74. The van der Waals surface area contributed by atoms with E-state index in [1.807, 2.05) is 49.5 Å². The van der Waals surface area contributed by atoms with E-state index in [9.17, 15) is 4.79 Å². The zero-order valence-electron chi connectivity index (χ0n) is 15.0. The van der Waals surface area contributed by atoms with Crippen LogP contribution in [0.25, 0.3) is 11.4 Å². The summed E-state index contributed by atoms with van der Waals surface area (Å²) in [5.74, 6) is 1.48. The number of nitrogens with one attached hydrogen (secondary N) is 1. The first kappa shape index (κ1) is 19.4. The fourth-order valence-corrected chi connectivity index (χ4v) is 3.15. The summed E-state index contributed by atoms with van der Waals surface area (Å²) in [6.45, 7) is 0.503. The maximum Gasteiger partial charge on any atom is 0.220 e. The van der Waals surface area contributed by atoms with Crippen LogP contribution in [0.2, 0.25) is 10.0 Å². The van der Waals surface area contributed by atoms with Gasteiger partial charge < -0.3 is 5.32 Å². The van der Waals surface area contributed by atoms with Crippen molar-refractivity contribution >= 4 is 29.1 Å². The number of aryl methyl sites for hydroxylation is 2. The number of halogens is 2. The van der Waals surface area contributed by atoms with E-state index in [4.69, 9.17) is 23.2 Å². The average Bonchev–Trinajstić information content (AvgIpc) is 3.04. The summed E-state index contributed by atoms with van der Waals surface area (Å²) >= 11 is 12.1. The maximum absolute atomic E-state index is 12.1. The molecule has 3 aromatic rings. The van der Waals surface area contributed by atoms with Gasteiger partial charge in [0, 0.05) is 32.0 Å². The van der Waals surface area contributed by atoms with Gasteiger partial charge in [-0.2, -0.15) is 5.10 Å². The number of carbonyl (C=O) groups excluding carboxylic acids is 1. The Hall–Kier alpha value is -2.37. The summed E-state index contributed by atoms with van der Waals surface area (Å²) in [5, 5.41) is 8.37. The van der Waals surface area contributed by atoms with E-state index in [-0.39, 0.29) is 5.91 Å². The Balaban J connectivity index is 1.49. The second-order valence-electron chi connectivity index (χ2n) is 6.15. The Bertz CT molecular complexity index is 925. The monoisotopic (exact) mass is 402 g/mol. The van der Waals surface area contributed by atoms with Crippen LogP contribution < -0.4 is 5.32 Å². The summed E-state index contributed by atoms with van der Waals surface area (Å²) in [5.41, 5.74) is 1.85. The van der Waals surface area contributed by atoms with Gasteiger partial charge in [0.05, 0.1) is 10.0 Å². The molecule has 7 heteroatoms. The van der Waals surface area contributed by atoms with Gasteiger partial charge in [-0.15, -0.1) is 0 Å². The van der Waals surface area contributed by atoms with Gasteiger partial charge in [-0.25, -0.2) is 4.98 Å². The fraction of sp³-hybridized carbons (Fsp3) is 0.250. The SMILES string of the molecule is Cn1nc(-c2ccccc2)nc1CCNC(=O)CCc1cccc(Cl)c1Cl. The minimum atomic E-state index is -0.0310. The number of hydrogen-bond acceptors (Lipinski definition) is 3. The van der Waals surface area contributed by atoms with Crippen molar-refractivity contribution < 1.29 is 4.79 Å². The van der Waals surface area contributed by atoms with Gasteiger partial charge in [-0.05, 0) is 18.1 Å². The Labute approximate surface area is 168 Å². The van der Waals surface area contributed by atoms with Crippen molar-refractivity contribution in [2.75, 3.05) is 6.54 Å². The zero-order valence-corrected chi connectivity index (χ0v) is 16.5. The average molecular weight is 403 g/mol. The van der Waals surface area contributed by atoms with E-state index in [0.29, 0.717) is 41.7 Å². The molecule has 0 bridgehead atoms. The first-order chi connectivity index (χ1) is 13.0. The van der Waals surface area contributed by atoms with E-state index in [1.54, 1.807) is 10.7 Å². The molecule has 140 valence electrons. The van der Waals surface area contributed by atoms with Crippen LogP contribution in [0.3, 0.4) is 0 Å². The normalized spacial score (nSPS) is 10.8. The summed E-state index contributed by atoms with van der Waals surface area (Å²) in [7, 11) is 1.86. The highest BCUT2D eigenvalue weighted by molar-refractivity contribution is 6.42. The summed E-state index contributed by atoms with van der Waals surface area (Å²) in [4.78, 5) is 16.6. The molecule has 1 aromatic heterocycles. The number of carbonyl (C=O) groups is 1. The van der Waals surface area contributed by atoms with Crippen LogP contribution in [0.1, 0.15) is 17.8 Å². The van der Waals surface area contributed by atoms with Crippen LogP contribution in [-0.2, 0) is 24.7 Å². The molecule has 0 unspecified atom stereocenters. The van der Waals surface area contributed by atoms with Gasteiger partial charge >= 0.3 is 0 Å². The first-order valence-electron chi connectivity index (χ1n) is 8.69. The predicted octanol–water partition coefficient (Wildman–Crippen LogP) is 4.08. The molecule has 1 N–H and O–H groups in total. The highest BCUT2D eigenvalue weighted by Crippen LogP contribution is 2.26. The molecule has 0 spiro atoms. The van der Waals surface area contributed by atoms with Crippen LogP contribution >= 0.6 is 23.2 Å². The molecule has 3 rings (SSSR count). The Kier molecular flexibility index (Phi) is 6.48. The molecule has 0 radical (unpaired) electrons. The number of rotatable bonds is 7. The largest absolute Gasteiger partial charge is 0.356 e. The number of amides is 1. The van der Waals surface area contributed by atoms with Gasteiger partial charge in [0.15, 0.2) is 5.82 Å². The minimum Gasteiger partial charge on any atom is -0.356 e. The second kappa shape index (κ2) is 9.02. The van der Waals surface area contributed by atoms with E-state index in [2.05, 4.69) is 15.4 Å². The van der Waals surface area contributed by atoms with Crippen molar-refractivity contribution in [1.82, 2.24) is 20.1 Å². The smallest absolute Gasteiger partial charge is 0.220 e. The Morgan fingerprint density at radius 2 is 1.85 bits per heavy atom. The molecule has 0 aliphatic carbocycles. The van der Waals surface area contributed by atoms with Gasteiger partial charge in [0.25, 0.3) is 0 Å². The van der Waals surface area contributed by atoms with E-state index in [1.165, 1.54) is 0 Å². The minimum absolute atomic E-state index is 0.0310. The topological polar surface area (TPSA) is 59.8 Å². The Morgan fingerprint density at radius 3 is 2.63 bits per heavy atom. The quantitative estimate of drug-likeness (QED) is 0.647. The zero-order chi connectivity index (χ0) is 19.2. The molecule has 1 heterocycles. The maximum atomic E-state index is 12.1. The van der Waals surface area contributed by atoms with E-state index < -0.39 is 0 Å². The molecule has 0 saturated carbocycles. The summed E-state index contributed by atoms with van der Waals surface area (Å²) in [6, 6.07) is 15.3. The van der Waals surface area contributed by atoms with Crippen LogP contribution in [0, 0.1) is 0 Å². The van der Waals surface area contributed by atoms with E-state index >= 15 is 0 Å². The second-order valence-corrected chi connectivity index (χ2v) is 6.94. The molecule has 2 aromatic carbocycles. The lowest BCUT2D eigenvalue weighted by atomic mass is 10.1. The molecule has 0 aliphatic rings. The van der Waals surface area contributed by atoms with Crippen LogP contribution in [0.5, 0.6) is 0 Å². The molecule has 0 fully saturated rings. The molecular formula is C20H20Cl2N4O. The third-order valence-electron chi connectivity index (χ3n) is 4.21. The van der Waals surface area contributed by atoms with Gasteiger partial charge in [0.2, 0.25) is 5.91 Å². The standard InChI is InChI=1S/C20H20Cl2N4O/c1-26-17(24-20(25-26)15-6-3-2-4-7-15)12-13-23-18(27)11-10-14-8-5-9-16(21)19(14)22/h2-9H,10-13H2,1H3,(H,23,27). The van der Waals surface area contributed by atoms with Crippen molar-refractivity contribution in [1.29, 1.82) is 0 Å². The Morgan fingerprint density at radius 1 is 1.07 bits per heavy atom. The van der Waals surface area contributed by atoms with E-state index in [0.717, 1.165) is 17.0 Å². The van der Waals surface area contributed by atoms with Crippen LogP contribution in [0.4, 0.5) is 0 Å². The molecule has 5 nitrogen and oxygen atoms in total. The summed E-state index contributed by atoms with van der Waals surface area (Å²) < 4.78 is 1.75. The number of nitrogens with zero attached hydrogens (tertiary/aromatic N) is 3. The third kappa shape index (κ3) is 5.08. The van der Waals surface area contributed by atoms with Crippen LogP contribution in [-0.4, -0.2) is 27.2 Å². The molecule has 1 amide bonds. The van der Waals surface area contributed by atoms with Gasteiger partial charge in [0.1, 0.15) is 5.82 Å². The van der Waals surface area contributed by atoms with Crippen molar-refractivity contribution in [2.45, 2.75) is 19.3 Å². The number of benzene rings is 2. The molecule has 0 atom stereocenters. The highest BCUT2D eigenvalue weighted by Gasteiger charge is 2.10. The highest BCUT2D eigenvalue weighted by atomic mass is 35.5. The molecule has 0 saturated heterocycles. The molecular weight excluding hydrogens is 383 g/mol.